The largest absolute Gasteiger partial charge is 0.361 e. The summed E-state index contributed by atoms with van der Waals surface area (Å²) >= 11 is 1.27. The number of H-pyrrole nitrogens is 2. The number of hydrogen-bond acceptors (Lipinski definition) is 4. The van der Waals surface area contributed by atoms with E-state index in [4.69, 9.17) is 0 Å². The predicted molar refractivity (Wildman–Crippen MR) is 117 cm³/mol. The molecule has 0 saturated carbocycles. The summed E-state index contributed by atoms with van der Waals surface area (Å²) in [5.41, 5.74) is 3.14. The molecule has 0 atom stereocenters. The summed E-state index contributed by atoms with van der Waals surface area (Å²) in [6, 6.07) is 14.3. The van der Waals surface area contributed by atoms with E-state index in [1.54, 1.807) is 18.2 Å². The van der Waals surface area contributed by atoms with Crippen LogP contribution in [0.15, 0.2) is 59.9 Å². The fourth-order valence-corrected chi connectivity index (χ4v) is 3.64. The number of aromatic nitrogens is 4. The Kier molecular flexibility index (Phi) is 6.24. The lowest BCUT2D eigenvalue weighted by Gasteiger charge is -2.03. The highest BCUT2D eigenvalue weighted by Gasteiger charge is 2.08. The topological polar surface area (TPSA) is 86.5 Å². The van der Waals surface area contributed by atoms with Crippen molar-refractivity contribution >= 4 is 40.7 Å². The Hall–Kier alpha value is -3.39. The van der Waals surface area contributed by atoms with Crippen LogP contribution in [0.25, 0.3) is 23.1 Å². The molecule has 4 aromatic rings. The highest BCUT2D eigenvalue weighted by Crippen LogP contribution is 2.18. The smallest absolute Gasteiger partial charge is 0.230 e. The number of aromatic amines is 2. The minimum absolute atomic E-state index is 0.0620. The molecule has 30 heavy (non-hydrogen) atoms. The summed E-state index contributed by atoms with van der Waals surface area (Å²) in [6.07, 6.45) is 6.32. The van der Waals surface area contributed by atoms with Gasteiger partial charge in [0.2, 0.25) is 11.1 Å². The molecule has 0 radical (unpaired) electrons. The van der Waals surface area contributed by atoms with Crippen LogP contribution in [-0.4, -0.2) is 38.4 Å². The quantitative estimate of drug-likeness (QED) is 0.375. The van der Waals surface area contributed by atoms with E-state index in [0.717, 1.165) is 17.5 Å². The van der Waals surface area contributed by atoms with Gasteiger partial charge in [-0.15, -0.1) is 5.10 Å². The summed E-state index contributed by atoms with van der Waals surface area (Å²) in [5.74, 6) is 0.479. The number of fused-ring (bicyclic) bond motifs is 1. The maximum atomic E-state index is 12.9. The fraction of sp³-hybridized carbons (Fsp3) is 0.136. The van der Waals surface area contributed by atoms with Crippen molar-refractivity contribution in [3.05, 3.63) is 77.5 Å². The number of benzene rings is 2. The van der Waals surface area contributed by atoms with E-state index in [9.17, 15) is 9.18 Å². The number of amides is 1. The van der Waals surface area contributed by atoms with Crippen LogP contribution in [0.4, 0.5) is 4.39 Å². The number of rotatable bonds is 8. The van der Waals surface area contributed by atoms with Gasteiger partial charge in [0.15, 0.2) is 0 Å². The van der Waals surface area contributed by atoms with E-state index in [-0.39, 0.29) is 17.5 Å². The molecule has 0 aliphatic rings. The van der Waals surface area contributed by atoms with Gasteiger partial charge in [-0.3, -0.25) is 9.89 Å². The second kappa shape index (κ2) is 9.41. The minimum atomic E-state index is -0.273. The van der Waals surface area contributed by atoms with Crippen LogP contribution >= 0.6 is 11.8 Å². The first kappa shape index (κ1) is 19.9. The molecule has 0 spiro atoms. The average molecular weight is 422 g/mol. The molecule has 1 amide bonds. The molecule has 3 N–H and O–H groups in total. The number of carbonyl (C=O) groups excluding carboxylic acids is 1. The lowest BCUT2D eigenvalue weighted by molar-refractivity contribution is -0.118. The first-order valence-electron chi connectivity index (χ1n) is 9.48. The van der Waals surface area contributed by atoms with Gasteiger partial charge in [0, 0.05) is 23.6 Å². The average Bonchev–Trinajstić information content (AvgIpc) is 3.39. The maximum Gasteiger partial charge on any atom is 0.230 e. The molecule has 0 bridgehead atoms. The molecule has 2 aromatic carbocycles. The Balaban J connectivity index is 1.22. The van der Waals surface area contributed by atoms with E-state index in [2.05, 4.69) is 31.5 Å². The number of hydrogen-bond donors (Lipinski definition) is 3. The Bertz CT molecular complexity index is 1170. The van der Waals surface area contributed by atoms with Gasteiger partial charge in [0.05, 0.1) is 5.75 Å². The molecule has 4 rings (SSSR count). The van der Waals surface area contributed by atoms with Crippen molar-refractivity contribution in [2.75, 3.05) is 12.3 Å². The van der Waals surface area contributed by atoms with Crippen LogP contribution in [0.3, 0.4) is 0 Å². The number of nitrogens with one attached hydrogen (secondary N) is 3. The predicted octanol–water partition coefficient (Wildman–Crippen LogP) is 4.05. The van der Waals surface area contributed by atoms with Crippen molar-refractivity contribution in [2.24, 2.45) is 0 Å². The van der Waals surface area contributed by atoms with Crippen LogP contribution in [0.5, 0.6) is 0 Å². The first-order valence-corrected chi connectivity index (χ1v) is 10.5. The molecule has 0 fully saturated rings. The Labute approximate surface area is 177 Å². The van der Waals surface area contributed by atoms with E-state index >= 15 is 0 Å². The van der Waals surface area contributed by atoms with Crippen LogP contribution in [0.2, 0.25) is 0 Å². The molecule has 0 unspecified atom stereocenters. The second-order valence-electron chi connectivity index (χ2n) is 6.64. The van der Waals surface area contributed by atoms with E-state index < -0.39 is 0 Å². The zero-order valence-electron chi connectivity index (χ0n) is 16.1. The summed E-state index contributed by atoms with van der Waals surface area (Å²) in [7, 11) is 0. The van der Waals surface area contributed by atoms with Gasteiger partial charge < -0.3 is 10.3 Å². The van der Waals surface area contributed by atoms with E-state index in [0.29, 0.717) is 17.5 Å². The monoisotopic (exact) mass is 421 g/mol. The molecule has 0 aliphatic carbocycles. The van der Waals surface area contributed by atoms with Crippen LogP contribution in [0, 0.1) is 5.82 Å². The lowest BCUT2D eigenvalue weighted by Crippen LogP contribution is -2.27. The van der Waals surface area contributed by atoms with Gasteiger partial charge in [0.1, 0.15) is 11.6 Å². The lowest BCUT2D eigenvalue weighted by atomic mass is 10.1. The van der Waals surface area contributed by atoms with Gasteiger partial charge in [-0.1, -0.05) is 48.2 Å². The van der Waals surface area contributed by atoms with Gasteiger partial charge in [-0.25, -0.2) is 9.37 Å². The summed E-state index contributed by atoms with van der Waals surface area (Å²) in [4.78, 5) is 19.7. The summed E-state index contributed by atoms with van der Waals surface area (Å²) < 4.78 is 12.9. The van der Waals surface area contributed by atoms with Crippen molar-refractivity contribution < 1.29 is 9.18 Å². The molecular formula is C22H20FN5OS. The second-order valence-corrected chi connectivity index (χ2v) is 7.58. The van der Waals surface area contributed by atoms with Crippen molar-refractivity contribution in [1.82, 2.24) is 25.5 Å². The third-order valence-electron chi connectivity index (χ3n) is 4.51. The van der Waals surface area contributed by atoms with Crippen LogP contribution in [-0.2, 0) is 11.2 Å². The van der Waals surface area contributed by atoms with Gasteiger partial charge >= 0.3 is 0 Å². The van der Waals surface area contributed by atoms with Crippen molar-refractivity contribution in [3.63, 3.8) is 0 Å². The number of para-hydroxylation sites is 1. The fourth-order valence-electron chi connectivity index (χ4n) is 3.00. The molecule has 2 heterocycles. The maximum absolute atomic E-state index is 12.9. The molecular weight excluding hydrogens is 401 g/mol. The SMILES string of the molecule is O=C(CSc1n[nH]c(/C=C/c2ccc(F)cc2)n1)NCCc1c[nH]c2ccccc12. The number of nitrogens with zero attached hydrogens (tertiary/aromatic N) is 2. The van der Waals surface area contributed by atoms with Crippen molar-refractivity contribution in [2.45, 2.75) is 11.6 Å². The van der Waals surface area contributed by atoms with Gasteiger partial charge in [-0.05, 0) is 41.8 Å². The normalized spacial score (nSPS) is 11.4. The Morgan fingerprint density at radius 2 is 1.97 bits per heavy atom. The van der Waals surface area contributed by atoms with Crippen molar-refractivity contribution in [3.8, 4) is 0 Å². The first-order chi connectivity index (χ1) is 14.7. The number of halogens is 1. The molecule has 152 valence electrons. The standard InChI is InChI=1S/C22H20FN5OS/c23-17-8-5-15(6-9-17)7-10-20-26-22(28-27-20)30-14-21(29)24-12-11-16-13-25-19-4-2-1-3-18(16)19/h1-10,13,25H,11-12,14H2,(H,24,29)(H,26,27,28)/b10-7+. The summed E-state index contributed by atoms with van der Waals surface area (Å²) in [6.45, 7) is 0.570. The van der Waals surface area contributed by atoms with E-state index in [1.165, 1.54) is 34.8 Å². The van der Waals surface area contributed by atoms with Gasteiger partial charge in [0.25, 0.3) is 0 Å². The highest BCUT2D eigenvalue weighted by molar-refractivity contribution is 7.99. The molecule has 0 saturated heterocycles. The van der Waals surface area contributed by atoms with Crippen LogP contribution < -0.4 is 5.32 Å². The molecule has 8 heteroatoms. The van der Waals surface area contributed by atoms with E-state index in [1.807, 2.05) is 30.5 Å². The summed E-state index contributed by atoms with van der Waals surface area (Å²) in [5, 5.41) is 11.5. The Morgan fingerprint density at radius 1 is 1.13 bits per heavy atom. The minimum Gasteiger partial charge on any atom is -0.361 e. The number of carbonyl (C=O) groups is 1. The van der Waals surface area contributed by atoms with Gasteiger partial charge in [-0.2, -0.15) is 0 Å². The molecule has 2 aromatic heterocycles. The third kappa shape index (κ3) is 5.15. The zero-order chi connectivity index (χ0) is 20.8. The van der Waals surface area contributed by atoms with Crippen LogP contribution in [0.1, 0.15) is 17.0 Å². The zero-order valence-corrected chi connectivity index (χ0v) is 16.9. The Morgan fingerprint density at radius 3 is 2.83 bits per heavy atom. The van der Waals surface area contributed by atoms with Crippen molar-refractivity contribution in [1.29, 1.82) is 0 Å². The third-order valence-corrected chi connectivity index (χ3v) is 5.36. The number of thioether (sulfide) groups is 1. The highest BCUT2D eigenvalue weighted by atomic mass is 32.2. The molecule has 0 aliphatic heterocycles. The molecule has 6 nitrogen and oxygen atoms in total.